The third-order valence-corrected chi connectivity index (χ3v) is 6.91. The van der Waals surface area contributed by atoms with Crippen LogP contribution in [0.2, 0.25) is 0 Å². The first kappa shape index (κ1) is 16.0. The van der Waals surface area contributed by atoms with E-state index in [1.807, 2.05) is 24.3 Å². The molecule has 23 heavy (non-hydrogen) atoms. The Morgan fingerprint density at radius 1 is 1.22 bits per heavy atom. The Morgan fingerprint density at radius 2 is 1.87 bits per heavy atom. The Morgan fingerprint density at radius 3 is 2.39 bits per heavy atom. The molecule has 2 aliphatic rings. The summed E-state index contributed by atoms with van der Waals surface area (Å²) in [5.74, 6) is 0.0501. The van der Waals surface area contributed by atoms with Gasteiger partial charge in [-0.3, -0.25) is 4.79 Å². The monoisotopic (exact) mass is 314 g/mol. The molecule has 1 aromatic rings. The molecule has 0 aromatic heterocycles. The van der Waals surface area contributed by atoms with Gasteiger partial charge in [-0.1, -0.05) is 45.0 Å². The Labute approximate surface area is 138 Å². The fourth-order valence-electron chi connectivity index (χ4n) is 4.61. The zero-order valence-electron chi connectivity index (χ0n) is 14.4. The minimum absolute atomic E-state index is 0.0501. The van der Waals surface area contributed by atoms with Crippen molar-refractivity contribution in [3.63, 3.8) is 0 Å². The van der Waals surface area contributed by atoms with Crippen molar-refractivity contribution in [2.24, 2.45) is 21.4 Å². The highest BCUT2D eigenvalue weighted by atomic mass is 16.4. The van der Waals surface area contributed by atoms with E-state index >= 15 is 0 Å². The number of nitrogens with zero attached hydrogens (tertiary/aromatic N) is 1. The van der Waals surface area contributed by atoms with Crippen molar-refractivity contribution in [3.8, 4) is 0 Å². The number of nitrogens with one attached hydrogen (secondary N) is 1. The summed E-state index contributed by atoms with van der Waals surface area (Å²) in [6.07, 6.45) is 3.27. The van der Waals surface area contributed by atoms with Crippen LogP contribution in [0.15, 0.2) is 29.4 Å². The molecular weight excluding hydrogens is 288 g/mol. The van der Waals surface area contributed by atoms with Gasteiger partial charge in [-0.05, 0) is 42.4 Å². The Kier molecular flexibility index (Phi) is 3.54. The maximum Gasteiger partial charge on any atom is 0.231 e. The number of carbonyl (C=O) groups excluding carboxylic acids is 1. The minimum atomic E-state index is -0.493. The van der Waals surface area contributed by atoms with Crippen LogP contribution in [0.1, 0.15) is 52.5 Å². The predicted octanol–water partition coefficient (Wildman–Crippen LogP) is 4.23. The molecule has 2 aliphatic carbocycles. The predicted molar refractivity (Wildman–Crippen MR) is 91.8 cm³/mol. The fourth-order valence-corrected chi connectivity index (χ4v) is 4.61. The largest absolute Gasteiger partial charge is 0.411 e. The average molecular weight is 314 g/mol. The Hall–Kier alpha value is -1.84. The topological polar surface area (TPSA) is 61.7 Å². The molecule has 4 heteroatoms. The lowest BCUT2D eigenvalue weighted by atomic mass is 9.64. The van der Waals surface area contributed by atoms with Gasteiger partial charge in [-0.2, -0.15) is 0 Å². The van der Waals surface area contributed by atoms with Crippen molar-refractivity contribution in [1.82, 2.24) is 0 Å². The number of hydrogen-bond donors (Lipinski definition) is 2. The van der Waals surface area contributed by atoms with Crippen LogP contribution in [0.5, 0.6) is 0 Å². The van der Waals surface area contributed by atoms with Gasteiger partial charge in [0, 0.05) is 17.5 Å². The summed E-state index contributed by atoms with van der Waals surface area (Å²) in [5.41, 5.74) is 1.93. The Balaban J connectivity index is 1.89. The van der Waals surface area contributed by atoms with Gasteiger partial charge in [0.25, 0.3) is 0 Å². The van der Waals surface area contributed by atoms with Gasteiger partial charge >= 0.3 is 0 Å². The lowest BCUT2D eigenvalue weighted by Gasteiger charge is -2.39. The molecule has 2 atom stereocenters. The van der Waals surface area contributed by atoms with E-state index in [2.05, 4.69) is 38.2 Å². The zero-order chi connectivity index (χ0) is 16.9. The molecule has 0 heterocycles. The number of hydrogen-bond acceptors (Lipinski definition) is 3. The van der Waals surface area contributed by atoms with E-state index in [0.717, 1.165) is 30.7 Å². The third-order valence-electron chi connectivity index (χ3n) is 6.91. The fraction of sp³-hybridized carbons (Fsp3) is 0.579. The maximum absolute atomic E-state index is 13.1. The average Bonchev–Trinajstić information content (AvgIpc) is 2.85. The van der Waals surface area contributed by atoms with E-state index in [4.69, 9.17) is 0 Å². The molecule has 2 fully saturated rings. The van der Waals surface area contributed by atoms with Crippen LogP contribution in [-0.4, -0.2) is 16.8 Å². The summed E-state index contributed by atoms with van der Waals surface area (Å²) in [6, 6.07) is 8.02. The second-order valence-electron chi connectivity index (χ2n) is 7.77. The van der Waals surface area contributed by atoms with Crippen LogP contribution in [0, 0.1) is 16.2 Å². The highest BCUT2D eigenvalue weighted by Gasteiger charge is 2.71. The summed E-state index contributed by atoms with van der Waals surface area (Å²) in [7, 11) is 0. The molecule has 0 saturated heterocycles. The van der Waals surface area contributed by atoms with Gasteiger partial charge in [-0.25, -0.2) is 0 Å². The summed E-state index contributed by atoms with van der Waals surface area (Å²) in [5, 5.41) is 16.0. The number of oxime groups is 1. The van der Waals surface area contributed by atoms with Crippen molar-refractivity contribution >= 4 is 17.3 Å². The van der Waals surface area contributed by atoms with E-state index in [1.54, 1.807) is 0 Å². The summed E-state index contributed by atoms with van der Waals surface area (Å²) >= 11 is 0. The lowest BCUT2D eigenvalue weighted by molar-refractivity contribution is -0.130. The van der Waals surface area contributed by atoms with Crippen molar-refractivity contribution in [2.75, 3.05) is 5.32 Å². The van der Waals surface area contributed by atoms with Crippen LogP contribution in [0.25, 0.3) is 0 Å². The van der Waals surface area contributed by atoms with E-state index in [1.165, 1.54) is 5.56 Å². The third kappa shape index (κ3) is 1.97. The number of anilines is 1. The quantitative estimate of drug-likeness (QED) is 0.647. The maximum atomic E-state index is 13.1. The highest BCUT2D eigenvalue weighted by Crippen LogP contribution is 2.71. The van der Waals surface area contributed by atoms with Crippen molar-refractivity contribution in [2.45, 2.75) is 53.4 Å². The summed E-state index contributed by atoms with van der Waals surface area (Å²) in [6.45, 7) is 8.51. The van der Waals surface area contributed by atoms with E-state index in [-0.39, 0.29) is 16.7 Å². The molecule has 1 amide bonds. The summed E-state index contributed by atoms with van der Waals surface area (Å²) in [4.78, 5) is 13.1. The molecule has 1 aromatic carbocycles. The molecule has 124 valence electrons. The Bertz CT molecular complexity index is 662. The number of amides is 1. The van der Waals surface area contributed by atoms with Crippen molar-refractivity contribution in [3.05, 3.63) is 29.8 Å². The smallest absolute Gasteiger partial charge is 0.231 e. The second-order valence-corrected chi connectivity index (χ2v) is 7.77. The van der Waals surface area contributed by atoms with Crippen molar-refractivity contribution in [1.29, 1.82) is 0 Å². The molecule has 0 aliphatic heterocycles. The first-order chi connectivity index (χ1) is 10.8. The van der Waals surface area contributed by atoms with Crippen LogP contribution >= 0.6 is 0 Å². The van der Waals surface area contributed by atoms with Gasteiger partial charge in [0.1, 0.15) is 0 Å². The van der Waals surface area contributed by atoms with Gasteiger partial charge in [0.15, 0.2) is 0 Å². The van der Waals surface area contributed by atoms with E-state index < -0.39 is 5.41 Å². The molecule has 4 nitrogen and oxygen atoms in total. The van der Waals surface area contributed by atoms with Crippen molar-refractivity contribution < 1.29 is 10.0 Å². The number of benzene rings is 1. The van der Waals surface area contributed by atoms with Crippen LogP contribution in [0.3, 0.4) is 0 Å². The molecule has 2 N–H and O–H groups in total. The number of carbonyl (C=O) groups is 1. The number of rotatable bonds is 3. The number of fused-ring (bicyclic) bond motifs is 2. The first-order valence-corrected chi connectivity index (χ1v) is 8.42. The van der Waals surface area contributed by atoms with Gasteiger partial charge in [-0.15, -0.1) is 0 Å². The SMILES string of the molecule is CCc1ccc(NC(=O)C23CCC(C)(C(=NO)C2)C3(C)C)cc1. The second kappa shape index (κ2) is 5.08. The standard InChI is InChI=1S/C19H26N2O2/c1-5-13-6-8-14(9-7-13)20-16(22)19-11-10-18(4,17(19,2)3)15(12-19)21-23/h6-9,23H,5,10-12H2,1-4H3,(H,20,22). The minimum Gasteiger partial charge on any atom is -0.411 e. The molecule has 3 rings (SSSR count). The number of aryl methyl sites for hydroxylation is 1. The normalized spacial score (nSPS) is 33.1. The lowest BCUT2D eigenvalue weighted by Crippen LogP contribution is -2.43. The molecule has 2 bridgehead atoms. The van der Waals surface area contributed by atoms with Gasteiger partial charge < -0.3 is 10.5 Å². The summed E-state index contributed by atoms with van der Waals surface area (Å²) < 4.78 is 0. The molecule has 0 radical (unpaired) electrons. The van der Waals surface area contributed by atoms with E-state index in [0.29, 0.717) is 6.42 Å². The van der Waals surface area contributed by atoms with Crippen LogP contribution in [0.4, 0.5) is 5.69 Å². The van der Waals surface area contributed by atoms with Crippen LogP contribution < -0.4 is 5.32 Å². The molecule has 0 spiro atoms. The zero-order valence-corrected chi connectivity index (χ0v) is 14.4. The van der Waals surface area contributed by atoms with Gasteiger partial charge in [0.05, 0.1) is 11.1 Å². The molecular formula is C19H26N2O2. The van der Waals surface area contributed by atoms with Gasteiger partial charge in [0.2, 0.25) is 5.91 Å². The highest BCUT2D eigenvalue weighted by molar-refractivity contribution is 6.06. The van der Waals surface area contributed by atoms with E-state index in [9.17, 15) is 10.0 Å². The van der Waals surface area contributed by atoms with Crippen LogP contribution in [-0.2, 0) is 11.2 Å². The molecule has 2 unspecified atom stereocenters. The first-order valence-electron chi connectivity index (χ1n) is 8.42. The molecule has 2 saturated carbocycles.